The Balaban J connectivity index is 2.71. The van der Waals surface area contributed by atoms with E-state index in [4.69, 9.17) is 4.74 Å². The number of esters is 1. The maximum Gasteiger partial charge on any atom is 0.326 e. The number of likely N-dealkylation sites (N-methyl/N-ethyl adjacent to an activating group) is 1. The molecule has 0 spiro atoms. The number of ether oxygens (including phenoxy) is 1. The second-order valence-electron chi connectivity index (χ2n) is 4.02. The van der Waals surface area contributed by atoms with Gasteiger partial charge in [-0.3, -0.25) is 4.79 Å². The third-order valence-corrected chi connectivity index (χ3v) is 3.05. The molecule has 1 aliphatic rings. The van der Waals surface area contributed by atoms with Gasteiger partial charge in [-0.1, -0.05) is 32.6 Å². The summed E-state index contributed by atoms with van der Waals surface area (Å²) in [7, 11) is 1.48. The van der Waals surface area contributed by atoms with Gasteiger partial charge in [0.1, 0.15) is 5.54 Å². The molecule has 0 aromatic heterocycles. The van der Waals surface area contributed by atoms with Gasteiger partial charge in [-0.2, -0.15) is 0 Å². The first kappa shape index (κ1) is 11.5. The van der Waals surface area contributed by atoms with Gasteiger partial charge >= 0.3 is 5.97 Å². The molecule has 0 saturated heterocycles. The van der Waals surface area contributed by atoms with E-state index in [1.165, 1.54) is 20.0 Å². The molecule has 82 valence electrons. The number of carbonyl (C=O) groups is 1. The second-order valence-corrected chi connectivity index (χ2v) is 4.02. The van der Waals surface area contributed by atoms with Crippen LogP contribution >= 0.6 is 0 Å². The molecule has 14 heavy (non-hydrogen) atoms. The van der Waals surface area contributed by atoms with Gasteiger partial charge in [-0.25, -0.2) is 0 Å². The highest BCUT2D eigenvalue weighted by Crippen LogP contribution is 2.28. The van der Waals surface area contributed by atoms with Crippen molar-refractivity contribution in [3.8, 4) is 0 Å². The van der Waals surface area contributed by atoms with E-state index >= 15 is 0 Å². The molecule has 1 fully saturated rings. The molecule has 0 heterocycles. The average Bonchev–Trinajstić information content (AvgIpc) is 2.44. The number of rotatable bonds is 3. The molecule has 0 unspecified atom stereocenters. The summed E-state index contributed by atoms with van der Waals surface area (Å²) in [6.07, 6.45) is 6.58. The van der Waals surface area contributed by atoms with E-state index in [0.717, 1.165) is 32.2 Å². The van der Waals surface area contributed by atoms with Crippen molar-refractivity contribution in [3.05, 3.63) is 0 Å². The van der Waals surface area contributed by atoms with Crippen LogP contribution in [0.3, 0.4) is 0 Å². The topological polar surface area (TPSA) is 38.3 Å². The van der Waals surface area contributed by atoms with Gasteiger partial charge < -0.3 is 10.1 Å². The van der Waals surface area contributed by atoms with Crippen LogP contribution in [0, 0.1) is 0 Å². The molecule has 1 aliphatic carbocycles. The quantitative estimate of drug-likeness (QED) is 0.557. The summed E-state index contributed by atoms with van der Waals surface area (Å²) in [4.78, 5) is 11.7. The van der Waals surface area contributed by atoms with Crippen LogP contribution in [-0.4, -0.2) is 25.2 Å². The fraction of sp³-hybridized carbons (Fsp3) is 0.909. The van der Waals surface area contributed by atoms with Crippen LogP contribution in [0.25, 0.3) is 0 Å². The van der Waals surface area contributed by atoms with Crippen LogP contribution < -0.4 is 5.32 Å². The van der Waals surface area contributed by atoms with Gasteiger partial charge in [0.2, 0.25) is 0 Å². The zero-order chi connectivity index (χ0) is 10.4. The molecule has 0 radical (unpaired) electrons. The maximum absolute atomic E-state index is 11.7. The van der Waals surface area contributed by atoms with Crippen LogP contribution in [0.5, 0.6) is 0 Å². The van der Waals surface area contributed by atoms with Crippen molar-refractivity contribution in [1.82, 2.24) is 5.32 Å². The Morgan fingerprint density at radius 2 is 1.86 bits per heavy atom. The fourth-order valence-corrected chi connectivity index (χ4v) is 2.32. The molecule has 0 atom stereocenters. The monoisotopic (exact) mass is 199 g/mol. The first-order valence-corrected chi connectivity index (χ1v) is 5.58. The van der Waals surface area contributed by atoms with Crippen molar-refractivity contribution in [3.63, 3.8) is 0 Å². The predicted molar refractivity (Wildman–Crippen MR) is 56.1 cm³/mol. The maximum atomic E-state index is 11.7. The highest BCUT2D eigenvalue weighted by Gasteiger charge is 2.38. The van der Waals surface area contributed by atoms with Crippen LogP contribution in [0.2, 0.25) is 0 Å². The summed E-state index contributed by atoms with van der Waals surface area (Å²) in [5.74, 6) is -0.0822. The molecule has 0 bridgehead atoms. The molecule has 1 rings (SSSR count). The van der Waals surface area contributed by atoms with Gasteiger partial charge in [0.05, 0.1) is 7.11 Å². The standard InChI is InChI=1S/C11H21NO2/c1-3-12-11(10(13)14-2)8-6-4-5-7-9-11/h12H,3-9H2,1-2H3. The minimum absolute atomic E-state index is 0.0822. The molecule has 3 heteroatoms. The SMILES string of the molecule is CCNC1(C(=O)OC)CCCCCC1. The Bertz CT molecular complexity index is 184. The van der Waals surface area contributed by atoms with Crippen molar-refractivity contribution in [2.24, 2.45) is 0 Å². The smallest absolute Gasteiger partial charge is 0.326 e. The van der Waals surface area contributed by atoms with Crippen LogP contribution in [0.15, 0.2) is 0 Å². The number of nitrogens with one attached hydrogen (secondary N) is 1. The Hall–Kier alpha value is -0.570. The number of hydrogen-bond donors (Lipinski definition) is 1. The molecule has 0 aromatic rings. The zero-order valence-electron chi connectivity index (χ0n) is 9.27. The number of methoxy groups -OCH3 is 1. The van der Waals surface area contributed by atoms with E-state index in [1.54, 1.807) is 0 Å². The molecular weight excluding hydrogens is 178 g/mol. The highest BCUT2D eigenvalue weighted by atomic mass is 16.5. The van der Waals surface area contributed by atoms with Crippen LogP contribution in [0.4, 0.5) is 0 Å². The summed E-state index contributed by atoms with van der Waals surface area (Å²) in [5.41, 5.74) is -0.389. The van der Waals surface area contributed by atoms with Gasteiger partial charge in [-0.05, 0) is 19.4 Å². The zero-order valence-corrected chi connectivity index (χ0v) is 9.27. The largest absolute Gasteiger partial charge is 0.468 e. The average molecular weight is 199 g/mol. The summed E-state index contributed by atoms with van der Waals surface area (Å²) in [5, 5.41) is 3.31. The summed E-state index contributed by atoms with van der Waals surface area (Å²) in [6, 6.07) is 0. The van der Waals surface area contributed by atoms with Gasteiger partial charge in [0, 0.05) is 0 Å². The Morgan fingerprint density at radius 3 is 2.29 bits per heavy atom. The van der Waals surface area contributed by atoms with Crippen LogP contribution in [0.1, 0.15) is 45.4 Å². The minimum atomic E-state index is -0.389. The van der Waals surface area contributed by atoms with Gasteiger partial charge in [0.25, 0.3) is 0 Å². The van der Waals surface area contributed by atoms with Crippen molar-refractivity contribution in [2.45, 2.75) is 51.0 Å². The van der Waals surface area contributed by atoms with Crippen LogP contribution in [-0.2, 0) is 9.53 Å². The van der Waals surface area contributed by atoms with E-state index < -0.39 is 0 Å². The van der Waals surface area contributed by atoms with Crippen molar-refractivity contribution in [2.75, 3.05) is 13.7 Å². The van der Waals surface area contributed by atoms with E-state index in [1.807, 2.05) is 6.92 Å². The summed E-state index contributed by atoms with van der Waals surface area (Å²) < 4.78 is 4.90. The molecular formula is C11H21NO2. The third kappa shape index (κ3) is 2.47. The second kappa shape index (κ2) is 5.35. The van der Waals surface area contributed by atoms with E-state index in [2.05, 4.69) is 5.32 Å². The number of hydrogen-bond acceptors (Lipinski definition) is 3. The lowest BCUT2D eigenvalue weighted by Gasteiger charge is -2.30. The lowest BCUT2D eigenvalue weighted by molar-refractivity contribution is -0.149. The molecule has 0 amide bonds. The third-order valence-electron chi connectivity index (χ3n) is 3.05. The Labute approximate surface area is 86.2 Å². The molecule has 1 N–H and O–H groups in total. The Kier molecular flexibility index (Phi) is 4.39. The predicted octanol–water partition coefficient (Wildman–Crippen LogP) is 1.86. The minimum Gasteiger partial charge on any atom is -0.468 e. The van der Waals surface area contributed by atoms with E-state index in [0.29, 0.717) is 0 Å². The molecule has 1 saturated carbocycles. The normalized spacial score (nSPS) is 21.3. The van der Waals surface area contributed by atoms with E-state index in [9.17, 15) is 4.79 Å². The molecule has 3 nitrogen and oxygen atoms in total. The van der Waals surface area contributed by atoms with Crippen molar-refractivity contribution >= 4 is 5.97 Å². The summed E-state index contributed by atoms with van der Waals surface area (Å²) >= 11 is 0. The van der Waals surface area contributed by atoms with Gasteiger partial charge in [-0.15, -0.1) is 0 Å². The lowest BCUT2D eigenvalue weighted by Crippen LogP contribution is -2.52. The highest BCUT2D eigenvalue weighted by molar-refractivity contribution is 5.80. The van der Waals surface area contributed by atoms with E-state index in [-0.39, 0.29) is 11.5 Å². The van der Waals surface area contributed by atoms with Gasteiger partial charge in [0.15, 0.2) is 0 Å². The van der Waals surface area contributed by atoms with Crippen molar-refractivity contribution < 1.29 is 9.53 Å². The molecule has 0 aliphatic heterocycles. The Morgan fingerprint density at radius 1 is 1.29 bits per heavy atom. The number of carbonyl (C=O) groups excluding carboxylic acids is 1. The lowest BCUT2D eigenvalue weighted by atomic mass is 9.90. The first-order valence-electron chi connectivity index (χ1n) is 5.58. The first-order chi connectivity index (χ1) is 6.75. The van der Waals surface area contributed by atoms with Crippen molar-refractivity contribution in [1.29, 1.82) is 0 Å². The molecule has 0 aromatic carbocycles. The fourth-order valence-electron chi connectivity index (χ4n) is 2.32. The summed E-state index contributed by atoms with van der Waals surface area (Å²) in [6.45, 7) is 2.87.